The number of hydrogen-bond acceptors (Lipinski definition) is 3. The van der Waals surface area contributed by atoms with Crippen LogP contribution in [0, 0.1) is 0 Å². The van der Waals surface area contributed by atoms with E-state index in [1.54, 1.807) is 13.8 Å². The van der Waals surface area contributed by atoms with Crippen molar-refractivity contribution in [2.45, 2.75) is 59.3 Å². The second-order valence-corrected chi connectivity index (χ2v) is 5.00. The van der Waals surface area contributed by atoms with E-state index in [0.29, 0.717) is 25.0 Å². The fourth-order valence-corrected chi connectivity index (χ4v) is 2.36. The number of ketones is 1. The highest BCUT2D eigenvalue weighted by molar-refractivity contribution is 5.90. The van der Waals surface area contributed by atoms with E-state index in [9.17, 15) is 9.59 Å². The molecule has 0 saturated carbocycles. The van der Waals surface area contributed by atoms with Crippen molar-refractivity contribution in [3.8, 4) is 0 Å². The van der Waals surface area contributed by atoms with Crippen molar-refractivity contribution in [1.29, 1.82) is 0 Å². The molecule has 0 aromatic heterocycles. The molecule has 0 atom stereocenters. The number of allylic oxidation sites excluding steroid dienone is 3. The summed E-state index contributed by atoms with van der Waals surface area (Å²) in [5, 5.41) is 0. The van der Waals surface area contributed by atoms with Gasteiger partial charge in [0, 0.05) is 12.0 Å². The van der Waals surface area contributed by atoms with Gasteiger partial charge in [0.15, 0.2) is 0 Å². The summed E-state index contributed by atoms with van der Waals surface area (Å²) in [6, 6.07) is 0. The van der Waals surface area contributed by atoms with Crippen molar-refractivity contribution in [2.75, 3.05) is 6.61 Å². The first-order valence-corrected chi connectivity index (χ1v) is 7.12. The third-order valence-corrected chi connectivity index (χ3v) is 3.44. The minimum atomic E-state index is -0.257. The van der Waals surface area contributed by atoms with E-state index in [2.05, 4.69) is 6.08 Å². The minimum Gasteiger partial charge on any atom is -0.463 e. The number of rotatable bonds is 6. The predicted molar refractivity (Wildman–Crippen MR) is 75.8 cm³/mol. The van der Waals surface area contributed by atoms with Crippen LogP contribution >= 0.6 is 0 Å². The molecular formula is C16H24O3. The molecule has 0 saturated heterocycles. The summed E-state index contributed by atoms with van der Waals surface area (Å²) in [4.78, 5) is 23.1. The molecule has 1 aliphatic carbocycles. The van der Waals surface area contributed by atoms with Crippen LogP contribution in [-0.2, 0) is 14.3 Å². The van der Waals surface area contributed by atoms with E-state index < -0.39 is 0 Å². The Kier molecular flexibility index (Phi) is 6.54. The van der Waals surface area contributed by atoms with Crippen molar-refractivity contribution in [3.63, 3.8) is 0 Å². The fraction of sp³-hybridized carbons (Fsp3) is 0.625. The van der Waals surface area contributed by atoms with Crippen molar-refractivity contribution in [3.05, 3.63) is 22.8 Å². The van der Waals surface area contributed by atoms with Crippen molar-refractivity contribution in [2.24, 2.45) is 0 Å². The van der Waals surface area contributed by atoms with Crippen LogP contribution in [0.3, 0.4) is 0 Å². The number of hydrogen-bond donors (Lipinski definition) is 0. The number of ether oxygens (including phenoxy) is 1. The molecule has 0 spiro atoms. The molecule has 3 nitrogen and oxygen atoms in total. The van der Waals surface area contributed by atoms with Gasteiger partial charge in [-0.3, -0.25) is 0 Å². The van der Waals surface area contributed by atoms with Gasteiger partial charge in [-0.2, -0.15) is 0 Å². The minimum absolute atomic E-state index is 0.158. The Morgan fingerprint density at radius 1 is 1.21 bits per heavy atom. The van der Waals surface area contributed by atoms with Crippen LogP contribution in [0.25, 0.3) is 0 Å². The Morgan fingerprint density at radius 2 is 1.95 bits per heavy atom. The van der Waals surface area contributed by atoms with E-state index in [1.165, 1.54) is 12.0 Å². The highest BCUT2D eigenvalue weighted by Crippen LogP contribution is 2.29. The van der Waals surface area contributed by atoms with Gasteiger partial charge in [-0.1, -0.05) is 6.08 Å². The molecule has 0 amide bonds. The first-order chi connectivity index (χ1) is 9.06. The number of carbonyl (C=O) groups is 2. The van der Waals surface area contributed by atoms with Gasteiger partial charge in [0.05, 0.1) is 6.61 Å². The normalized spacial score (nSPS) is 16.5. The standard InChI is InChI=1S/C16H24O3/c1-4-19-16(18)13(3)15(11-10-12(2)17)14-8-6-5-7-9-14/h8H,4-7,9-11H2,1-3H3/b15-13-. The molecule has 0 aromatic rings. The Bertz CT molecular complexity index is 402. The first-order valence-electron chi connectivity index (χ1n) is 7.12. The molecule has 0 fully saturated rings. The molecule has 0 radical (unpaired) electrons. The van der Waals surface area contributed by atoms with Gasteiger partial charge in [-0.15, -0.1) is 0 Å². The Hall–Kier alpha value is -1.38. The monoisotopic (exact) mass is 264 g/mol. The smallest absolute Gasteiger partial charge is 0.333 e. The lowest BCUT2D eigenvalue weighted by atomic mass is 9.88. The molecule has 0 aliphatic heterocycles. The van der Waals surface area contributed by atoms with Crippen molar-refractivity contribution >= 4 is 11.8 Å². The van der Waals surface area contributed by atoms with Crippen LogP contribution in [-0.4, -0.2) is 18.4 Å². The van der Waals surface area contributed by atoms with Gasteiger partial charge >= 0.3 is 5.97 Å². The van der Waals surface area contributed by atoms with Gasteiger partial charge in [0.25, 0.3) is 0 Å². The van der Waals surface area contributed by atoms with E-state index in [1.807, 2.05) is 6.92 Å². The summed E-state index contributed by atoms with van der Waals surface area (Å²) in [5.74, 6) is -0.0990. The lowest BCUT2D eigenvalue weighted by Crippen LogP contribution is -2.10. The summed E-state index contributed by atoms with van der Waals surface area (Å²) in [6.45, 7) is 5.59. The van der Waals surface area contributed by atoms with Gasteiger partial charge < -0.3 is 9.53 Å². The van der Waals surface area contributed by atoms with Gasteiger partial charge in [0.1, 0.15) is 5.78 Å². The largest absolute Gasteiger partial charge is 0.463 e. The summed E-state index contributed by atoms with van der Waals surface area (Å²) < 4.78 is 5.07. The van der Waals surface area contributed by atoms with Crippen LogP contribution in [0.15, 0.2) is 22.8 Å². The Morgan fingerprint density at radius 3 is 2.47 bits per heavy atom. The Balaban J connectivity index is 2.95. The molecule has 106 valence electrons. The molecule has 0 unspecified atom stereocenters. The zero-order valence-corrected chi connectivity index (χ0v) is 12.3. The predicted octanol–water partition coefficient (Wildman–Crippen LogP) is 3.74. The van der Waals surface area contributed by atoms with Crippen LogP contribution in [0.5, 0.6) is 0 Å². The third kappa shape index (κ3) is 5.01. The summed E-state index contributed by atoms with van der Waals surface area (Å²) in [5.41, 5.74) is 2.92. The van der Waals surface area contributed by atoms with E-state index in [4.69, 9.17) is 4.74 Å². The third-order valence-electron chi connectivity index (χ3n) is 3.44. The van der Waals surface area contributed by atoms with Gasteiger partial charge in [0.2, 0.25) is 0 Å². The van der Waals surface area contributed by atoms with Crippen LogP contribution < -0.4 is 0 Å². The molecule has 0 heterocycles. The highest BCUT2D eigenvalue weighted by atomic mass is 16.5. The summed E-state index contributed by atoms with van der Waals surface area (Å²) in [6.07, 6.45) is 7.78. The molecule has 3 heteroatoms. The number of carbonyl (C=O) groups excluding carboxylic acids is 2. The molecule has 0 N–H and O–H groups in total. The van der Waals surface area contributed by atoms with Crippen LogP contribution in [0.4, 0.5) is 0 Å². The maximum absolute atomic E-state index is 11.9. The van der Waals surface area contributed by atoms with Crippen LogP contribution in [0.1, 0.15) is 59.3 Å². The summed E-state index contributed by atoms with van der Waals surface area (Å²) >= 11 is 0. The lowest BCUT2D eigenvalue weighted by molar-refractivity contribution is -0.138. The highest BCUT2D eigenvalue weighted by Gasteiger charge is 2.17. The zero-order chi connectivity index (χ0) is 14.3. The molecular weight excluding hydrogens is 240 g/mol. The average Bonchev–Trinajstić information content (AvgIpc) is 2.40. The van der Waals surface area contributed by atoms with Gasteiger partial charge in [-0.05, 0) is 64.0 Å². The van der Waals surface area contributed by atoms with E-state index in [0.717, 1.165) is 24.8 Å². The molecule has 0 aromatic carbocycles. The average molecular weight is 264 g/mol. The van der Waals surface area contributed by atoms with E-state index in [-0.39, 0.29) is 11.8 Å². The second kappa shape index (κ2) is 7.93. The maximum Gasteiger partial charge on any atom is 0.333 e. The summed E-state index contributed by atoms with van der Waals surface area (Å²) in [7, 11) is 0. The topological polar surface area (TPSA) is 43.4 Å². The van der Waals surface area contributed by atoms with Crippen molar-refractivity contribution in [1.82, 2.24) is 0 Å². The molecule has 1 rings (SSSR count). The van der Waals surface area contributed by atoms with Crippen LogP contribution in [0.2, 0.25) is 0 Å². The Labute approximate surface area is 115 Å². The molecule has 1 aliphatic rings. The number of esters is 1. The second-order valence-electron chi connectivity index (χ2n) is 5.00. The SMILES string of the molecule is CCOC(=O)/C(C)=C(/CCC(C)=O)C1=CCCCC1. The maximum atomic E-state index is 11.9. The van der Waals surface area contributed by atoms with Gasteiger partial charge in [-0.25, -0.2) is 4.79 Å². The quantitative estimate of drug-likeness (QED) is 0.542. The molecule has 0 bridgehead atoms. The first kappa shape index (κ1) is 15.7. The van der Waals surface area contributed by atoms with E-state index >= 15 is 0 Å². The zero-order valence-electron chi connectivity index (χ0n) is 12.3. The fourth-order valence-electron chi connectivity index (χ4n) is 2.36. The van der Waals surface area contributed by atoms with Crippen molar-refractivity contribution < 1.29 is 14.3 Å². The molecule has 19 heavy (non-hydrogen) atoms. The number of Topliss-reactive ketones (excluding diaryl/α,β-unsaturated/α-hetero) is 1. The lowest BCUT2D eigenvalue weighted by Gasteiger charge is -2.18.